The summed E-state index contributed by atoms with van der Waals surface area (Å²) in [5, 5.41) is 0. The molecule has 2 aliphatic rings. The summed E-state index contributed by atoms with van der Waals surface area (Å²) < 4.78 is 17.1. The Kier molecular flexibility index (Phi) is 4.02. The van der Waals surface area contributed by atoms with E-state index in [2.05, 4.69) is 0 Å². The van der Waals surface area contributed by atoms with Crippen molar-refractivity contribution < 1.29 is 18.7 Å². The standard InChI is InChI=1S/C19H21NO4/c21-18(20-12-10-19(11-13-20)9-4-14-22-19)16-7-8-17(24-16)23-15-5-2-1-3-6-15/h1-3,5-8H,4,9-14H2. The molecule has 0 atom stereocenters. The number of hydrogen-bond acceptors (Lipinski definition) is 4. The smallest absolute Gasteiger partial charge is 0.290 e. The first-order chi connectivity index (χ1) is 11.7. The van der Waals surface area contributed by atoms with E-state index in [1.807, 2.05) is 35.2 Å². The predicted molar refractivity (Wildman–Crippen MR) is 88.3 cm³/mol. The van der Waals surface area contributed by atoms with Gasteiger partial charge in [-0.2, -0.15) is 0 Å². The van der Waals surface area contributed by atoms with Crippen molar-refractivity contribution in [3.05, 3.63) is 48.2 Å². The largest absolute Gasteiger partial charge is 0.426 e. The predicted octanol–water partition coefficient (Wildman–Crippen LogP) is 3.86. The molecule has 0 aliphatic carbocycles. The maximum Gasteiger partial charge on any atom is 0.290 e. The summed E-state index contributed by atoms with van der Waals surface area (Å²) in [7, 11) is 0. The summed E-state index contributed by atoms with van der Waals surface area (Å²) in [5.74, 6) is 1.26. The molecule has 1 amide bonds. The van der Waals surface area contributed by atoms with Crippen LogP contribution in [0.1, 0.15) is 36.2 Å². The zero-order valence-electron chi connectivity index (χ0n) is 13.6. The number of carbonyl (C=O) groups is 1. The summed E-state index contributed by atoms with van der Waals surface area (Å²) in [6.07, 6.45) is 4.07. The lowest BCUT2D eigenvalue weighted by molar-refractivity contribution is -0.0391. The number of piperidine rings is 1. The van der Waals surface area contributed by atoms with Gasteiger partial charge in [-0.15, -0.1) is 0 Å². The van der Waals surface area contributed by atoms with E-state index in [-0.39, 0.29) is 11.5 Å². The van der Waals surface area contributed by atoms with Gasteiger partial charge >= 0.3 is 0 Å². The molecule has 3 heterocycles. The third-order valence-corrected chi connectivity index (χ3v) is 4.90. The van der Waals surface area contributed by atoms with Crippen molar-refractivity contribution in [1.82, 2.24) is 4.90 Å². The molecule has 2 aliphatic heterocycles. The molecule has 24 heavy (non-hydrogen) atoms. The highest BCUT2D eigenvalue weighted by atomic mass is 16.6. The van der Waals surface area contributed by atoms with Crippen molar-refractivity contribution in [3.63, 3.8) is 0 Å². The third-order valence-electron chi connectivity index (χ3n) is 4.90. The Balaban J connectivity index is 1.38. The summed E-state index contributed by atoms with van der Waals surface area (Å²) >= 11 is 0. The van der Waals surface area contributed by atoms with Crippen molar-refractivity contribution in [2.75, 3.05) is 19.7 Å². The first kappa shape index (κ1) is 15.3. The fraction of sp³-hybridized carbons (Fsp3) is 0.421. The van der Waals surface area contributed by atoms with Gasteiger partial charge in [0, 0.05) is 25.8 Å². The lowest BCUT2D eigenvalue weighted by Crippen LogP contribution is -2.46. The van der Waals surface area contributed by atoms with Crippen molar-refractivity contribution >= 4 is 5.91 Å². The Morgan fingerprint density at radius 3 is 2.54 bits per heavy atom. The van der Waals surface area contributed by atoms with E-state index in [9.17, 15) is 4.79 Å². The molecule has 0 saturated carbocycles. The van der Waals surface area contributed by atoms with Gasteiger partial charge in [-0.1, -0.05) is 18.2 Å². The quantitative estimate of drug-likeness (QED) is 0.859. The van der Waals surface area contributed by atoms with E-state index in [1.165, 1.54) is 0 Å². The van der Waals surface area contributed by atoms with Crippen LogP contribution in [0.5, 0.6) is 11.7 Å². The van der Waals surface area contributed by atoms with Gasteiger partial charge in [-0.3, -0.25) is 4.79 Å². The maximum atomic E-state index is 12.6. The number of ether oxygens (including phenoxy) is 2. The third kappa shape index (κ3) is 3.04. The molecule has 5 heteroatoms. The fourth-order valence-electron chi connectivity index (χ4n) is 3.52. The fourth-order valence-corrected chi connectivity index (χ4v) is 3.52. The van der Waals surface area contributed by atoms with Gasteiger partial charge in [0.25, 0.3) is 11.9 Å². The minimum atomic E-state index is -0.0780. The van der Waals surface area contributed by atoms with Crippen LogP contribution in [0.4, 0.5) is 0 Å². The molecular formula is C19H21NO4. The monoisotopic (exact) mass is 327 g/mol. The number of hydrogen-bond donors (Lipinski definition) is 0. The number of carbonyl (C=O) groups excluding carboxylic acids is 1. The van der Waals surface area contributed by atoms with Crippen molar-refractivity contribution in [2.45, 2.75) is 31.3 Å². The molecule has 1 spiro atoms. The van der Waals surface area contributed by atoms with E-state index in [0.717, 1.165) is 32.3 Å². The lowest BCUT2D eigenvalue weighted by atomic mass is 9.88. The van der Waals surface area contributed by atoms with Gasteiger partial charge in [0.05, 0.1) is 5.60 Å². The summed E-state index contributed by atoms with van der Waals surface area (Å²) in [6.45, 7) is 2.29. The molecule has 0 N–H and O–H groups in total. The Labute approximate surface area is 141 Å². The minimum absolute atomic E-state index is 0.0154. The summed E-state index contributed by atoms with van der Waals surface area (Å²) in [4.78, 5) is 14.4. The van der Waals surface area contributed by atoms with E-state index in [1.54, 1.807) is 12.1 Å². The second-order valence-corrected chi connectivity index (χ2v) is 6.46. The molecule has 2 aromatic rings. The first-order valence-corrected chi connectivity index (χ1v) is 8.50. The molecule has 2 saturated heterocycles. The van der Waals surface area contributed by atoms with Gasteiger partial charge in [0.1, 0.15) is 5.75 Å². The average Bonchev–Trinajstić information content (AvgIpc) is 3.26. The molecule has 1 aromatic carbocycles. The van der Waals surface area contributed by atoms with Crippen LogP contribution in [0, 0.1) is 0 Å². The first-order valence-electron chi connectivity index (χ1n) is 8.50. The number of rotatable bonds is 3. The molecule has 2 fully saturated rings. The highest BCUT2D eigenvalue weighted by Crippen LogP contribution is 2.36. The number of likely N-dealkylation sites (tertiary alicyclic amines) is 1. The number of amides is 1. The highest BCUT2D eigenvalue weighted by molar-refractivity contribution is 5.91. The van der Waals surface area contributed by atoms with Crippen LogP contribution in [0.2, 0.25) is 0 Å². The molecule has 126 valence electrons. The Morgan fingerprint density at radius 1 is 1.04 bits per heavy atom. The van der Waals surface area contributed by atoms with Gasteiger partial charge in [0.2, 0.25) is 0 Å². The van der Waals surface area contributed by atoms with Crippen molar-refractivity contribution in [3.8, 4) is 11.7 Å². The van der Waals surface area contributed by atoms with Crippen molar-refractivity contribution in [2.24, 2.45) is 0 Å². The second-order valence-electron chi connectivity index (χ2n) is 6.46. The SMILES string of the molecule is O=C(c1ccc(Oc2ccccc2)o1)N1CCC2(CCCO2)CC1. The maximum absolute atomic E-state index is 12.6. The Morgan fingerprint density at radius 2 is 1.83 bits per heavy atom. The Bertz CT molecular complexity index is 693. The van der Waals surface area contributed by atoms with Gasteiger partial charge in [-0.25, -0.2) is 0 Å². The number of para-hydroxylation sites is 1. The second kappa shape index (κ2) is 6.32. The summed E-state index contributed by atoms with van der Waals surface area (Å²) in [6, 6.07) is 12.7. The topological polar surface area (TPSA) is 51.9 Å². The molecule has 4 rings (SSSR count). The van der Waals surface area contributed by atoms with Crippen LogP contribution in [0.3, 0.4) is 0 Å². The van der Waals surface area contributed by atoms with E-state index in [4.69, 9.17) is 13.9 Å². The van der Waals surface area contributed by atoms with E-state index in [0.29, 0.717) is 30.5 Å². The zero-order chi connectivity index (χ0) is 16.4. The van der Waals surface area contributed by atoms with Crippen LogP contribution in [-0.4, -0.2) is 36.1 Å². The summed E-state index contributed by atoms with van der Waals surface area (Å²) in [5.41, 5.74) is 0.0154. The molecule has 0 radical (unpaired) electrons. The van der Waals surface area contributed by atoms with Gasteiger partial charge < -0.3 is 18.8 Å². The molecular weight excluding hydrogens is 306 g/mol. The normalized spacial score (nSPS) is 19.6. The lowest BCUT2D eigenvalue weighted by Gasteiger charge is -2.38. The van der Waals surface area contributed by atoms with E-state index < -0.39 is 0 Å². The number of nitrogens with zero attached hydrogens (tertiary/aromatic N) is 1. The molecule has 1 aromatic heterocycles. The van der Waals surface area contributed by atoms with Crippen LogP contribution in [0.15, 0.2) is 46.9 Å². The highest BCUT2D eigenvalue weighted by Gasteiger charge is 2.39. The average molecular weight is 327 g/mol. The molecule has 0 unspecified atom stereocenters. The molecule has 5 nitrogen and oxygen atoms in total. The van der Waals surface area contributed by atoms with Crippen LogP contribution >= 0.6 is 0 Å². The van der Waals surface area contributed by atoms with Gasteiger partial charge in [-0.05, 0) is 43.9 Å². The van der Waals surface area contributed by atoms with Crippen LogP contribution in [-0.2, 0) is 4.74 Å². The van der Waals surface area contributed by atoms with E-state index >= 15 is 0 Å². The number of furan rings is 1. The minimum Gasteiger partial charge on any atom is -0.426 e. The van der Waals surface area contributed by atoms with Gasteiger partial charge in [0.15, 0.2) is 5.76 Å². The van der Waals surface area contributed by atoms with Crippen LogP contribution in [0.25, 0.3) is 0 Å². The Hall–Kier alpha value is -2.27. The molecule has 0 bridgehead atoms. The van der Waals surface area contributed by atoms with Crippen LogP contribution < -0.4 is 4.74 Å². The van der Waals surface area contributed by atoms with Crippen molar-refractivity contribution in [1.29, 1.82) is 0 Å². The number of benzene rings is 1. The zero-order valence-corrected chi connectivity index (χ0v) is 13.6.